The van der Waals surface area contributed by atoms with Gasteiger partial charge in [-0.25, -0.2) is 0 Å². The summed E-state index contributed by atoms with van der Waals surface area (Å²) in [5, 5.41) is 6.36. The van der Waals surface area contributed by atoms with E-state index in [4.69, 9.17) is 0 Å². The molecule has 1 aliphatic heterocycles. The van der Waals surface area contributed by atoms with Gasteiger partial charge in [0.05, 0.1) is 0 Å². The van der Waals surface area contributed by atoms with Crippen molar-refractivity contribution in [3.8, 4) is 0 Å². The smallest absolute Gasteiger partial charge is 0.220 e. The van der Waals surface area contributed by atoms with Crippen LogP contribution in [0.25, 0.3) is 0 Å². The minimum atomic E-state index is 0.209. The fourth-order valence-corrected chi connectivity index (χ4v) is 1.95. The van der Waals surface area contributed by atoms with Gasteiger partial charge in [-0.15, -0.1) is 0 Å². The monoisotopic (exact) mass is 226 g/mol. The first-order valence-corrected chi connectivity index (χ1v) is 6.45. The van der Waals surface area contributed by atoms with Crippen molar-refractivity contribution in [2.24, 2.45) is 11.3 Å². The summed E-state index contributed by atoms with van der Waals surface area (Å²) in [6.07, 6.45) is 4.00. The largest absolute Gasteiger partial charge is 0.356 e. The van der Waals surface area contributed by atoms with E-state index >= 15 is 0 Å². The third kappa shape index (κ3) is 6.11. The molecule has 0 aromatic rings. The number of hydrogen-bond donors (Lipinski definition) is 2. The van der Waals surface area contributed by atoms with Crippen LogP contribution in [-0.2, 0) is 4.79 Å². The maximum atomic E-state index is 11.5. The van der Waals surface area contributed by atoms with Crippen LogP contribution in [0.1, 0.15) is 46.5 Å². The molecule has 0 aromatic carbocycles. The third-order valence-electron chi connectivity index (χ3n) is 3.14. The van der Waals surface area contributed by atoms with Crippen LogP contribution < -0.4 is 10.6 Å². The van der Waals surface area contributed by atoms with E-state index in [2.05, 4.69) is 31.4 Å². The topological polar surface area (TPSA) is 41.1 Å². The Kier molecular flexibility index (Phi) is 5.26. The predicted octanol–water partition coefficient (Wildman–Crippen LogP) is 1.93. The van der Waals surface area contributed by atoms with Gasteiger partial charge in [0.15, 0.2) is 0 Å². The second kappa shape index (κ2) is 6.24. The van der Waals surface area contributed by atoms with Crippen molar-refractivity contribution in [3.63, 3.8) is 0 Å². The first-order valence-electron chi connectivity index (χ1n) is 6.45. The summed E-state index contributed by atoms with van der Waals surface area (Å²) >= 11 is 0. The fraction of sp³-hybridized carbons (Fsp3) is 0.923. The fourth-order valence-electron chi connectivity index (χ4n) is 1.95. The lowest BCUT2D eigenvalue weighted by Crippen LogP contribution is -2.27. The van der Waals surface area contributed by atoms with Gasteiger partial charge < -0.3 is 10.6 Å². The summed E-state index contributed by atoms with van der Waals surface area (Å²) in [6, 6.07) is 0. The van der Waals surface area contributed by atoms with Crippen molar-refractivity contribution in [3.05, 3.63) is 0 Å². The Balaban J connectivity index is 2.01. The molecule has 0 saturated carbocycles. The van der Waals surface area contributed by atoms with Crippen LogP contribution in [0.3, 0.4) is 0 Å². The van der Waals surface area contributed by atoms with Crippen molar-refractivity contribution in [2.75, 3.05) is 19.6 Å². The van der Waals surface area contributed by atoms with Crippen LogP contribution in [0.15, 0.2) is 0 Å². The zero-order valence-corrected chi connectivity index (χ0v) is 10.9. The van der Waals surface area contributed by atoms with E-state index in [0.717, 1.165) is 38.4 Å². The Bertz CT molecular complexity index is 214. The lowest BCUT2D eigenvalue weighted by molar-refractivity contribution is -0.121. The van der Waals surface area contributed by atoms with Crippen LogP contribution in [0.2, 0.25) is 0 Å². The van der Waals surface area contributed by atoms with Crippen molar-refractivity contribution in [1.29, 1.82) is 0 Å². The van der Waals surface area contributed by atoms with Crippen molar-refractivity contribution >= 4 is 5.91 Å². The molecule has 1 heterocycles. The molecule has 16 heavy (non-hydrogen) atoms. The molecule has 1 rings (SSSR count). The van der Waals surface area contributed by atoms with E-state index in [1.807, 2.05) is 0 Å². The summed E-state index contributed by atoms with van der Waals surface area (Å²) in [4.78, 5) is 11.5. The van der Waals surface area contributed by atoms with E-state index in [1.165, 1.54) is 6.42 Å². The van der Waals surface area contributed by atoms with Gasteiger partial charge in [0.1, 0.15) is 0 Å². The van der Waals surface area contributed by atoms with E-state index in [1.54, 1.807) is 0 Å². The minimum absolute atomic E-state index is 0.209. The molecule has 1 atom stereocenters. The Hall–Kier alpha value is -0.570. The highest BCUT2D eigenvalue weighted by atomic mass is 16.1. The Morgan fingerprint density at radius 1 is 1.44 bits per heavy atom. The number of carbonyl (C=O) groups excluding carboxylic acids is 1. The summed E-state index contributed by atoms with van der Waals surface area (Å²) in [5.74, 6) is 0.976. The lowest BCUT2D eigenvalue weighted by atomic mass is 9.90. The Labute approximate surface area is 99.4 Å². The molecule has 94 valence electrons. The average Bonchev–Trinajstić information content (AvgIpc) is 2.66. The van der Waals surface area contributed by atoms with Gasteiger partial charge >= 0.3 is 0 Å². The third-order valence-corrected chi connectivity index (χ3v) is 3.14. The Morgan fingerprint density at radius 3 is 2.75 bits per heavy atom. The lowest BCUT2D eigenvalue weighted by Gasteiger charge is -2.17. The van der Waals surface area contributed by atoms with Crippen molar-refractivity contribution in [2.45, 2.75) is 46.5 Å². The predicted molar refractivity (Wildman–Crippen MR) is 67.3 cm³/mol. The first kappa shape index (κ1) is 13.5. The molecule has 0 aromatic heterocycles. The molecule has 3 nitrogen and oxygen atoms in total. The summed E-state index contributed by atoms with van der Waals surface area (Å²) in [6.45, 7) is 9.62. The number of rotatable bonds is 5. The highest BCUT2D eigenvalue weighted by Gasteiger charge is 2.15. The van der Waals surface area contributed by atoms with Crippen molar-refractivity contribution in [1.82, 2.24) is 10.6 Å². The van der Waals surface area contributed by atoms with Crippen LogP contribution in [-0.4, -0.2) is 25.5 Å². The number of amides is 1. The minimum Gasteiger partial charge on any atom is -0.356 e. The maximum Gasteiger partial charge on any atom is 0.220 e. The summed E-state index contributed by atoms with van der Waals surface area (Å²) in [7, 11) is 0. The van der Waals surface area contributed by atoms with Crippen molar-refractivity contribution < 1.29 is 4.79 Å². The highest BCUT2D eigenvalue weighted by molar-refractivity contribution is 5.75. The van der Waals surface area contributed by atoms with Gasteiger partial charge in [0.2, 0.25) is 5.91 Å². The molecule has 1 amide bonds. The maximum absolute atomic E-state index is 11.5. The highest BCUT2D eigenvalue weighted by Crippen LogP contribution is 2.20. The second-order valence-corrected chi connectivity index (χ2v) is 6.06. The normalized spacial score (nSPS) is 21.1. The summed E-state index contributed by atoms with van der Waals surface area (Å²) < 4.78 is 0. The molecule has 3 heteroatoms. The van der Waals surface area contributed by atoms with E-state index in [0.29, 0.717) is 6.42 Å². The van der Waals surface area contributed by atoms with E-state index in [9.17, 15) is 4.79 Å². The van der Waals surface area contributed by atoms with Crippen LogP contribution >= 0.6 is 0 Å². The molecule has 1 unspecified atom stereocenters. The molecular weight excluding hydrogens is 200 g/mol. The standard InChI is InChI=1S/C13H26N2O/c1-13(2,3)7-4-12(16)15-9-6-11-5-8-14-10-11/h11,14H,4-10H2,1-3H3,(H,15,16). The number of carbonyl (C=O) groups is 1. The zero-order valence-electron chi connectivity index (χ0n) is 10.9. The summed E-state index contributed by atoms with van der Waals surface area (Å²) in [5.41, 5.74) is 0.257. The van der Waals surface area contributed by atoms with Gasteiger partial charge in [-0.3, -0.25) is 4.79 Å². The van der Waals surface area contributed by atoms with Crippen LogP contribution in [0.5, 0.6) is 0 Å². The molecule has 0 bridgehead atoms. The van der Waals surface area contributed by atoms with Gasteiger partial charge in [-0.1, -0.05) is 20.8 Å². The molecule has 0 spiro atoms. The van der Waals surface area contributed by atoms with Gasteiger partial charge in [0.25, 0.3) is 0 Å². The van der Waals surface area contributed by atoms with E-state index < -0.39 is 0 Å². The SMILES string of the molecule is CC(C)(C)CCC(=O)NCCC1CCNC1. The van der Waals surface area contributed by atoms with Gasteiger partial charge in [-0.05, 0) is 43.7 Å². The number of nitrogens with one attached hydrogen (secondary N) is 2. The molecule has 1 aliphatic rings. The quantitative estimate of drug-likeness (QED) is 0.752. The van der Waals surface area contributed by atoms with Crippen LogP contribution in [0, 0.1) is 11.3 Å². The number of hydrogen-bond acceptors (Lipinski definition) is 2. The molecule has 1 fully saturated rings. The first-order chi connectivity index (χ1) is 7.47. The zero-order chi connectivity index (χ0) is 12.0. The molecule has 2 N–H and O–H groups in total. The van der Waals surface area contributed by atoms with Gasteiger partial charge in [0, 0.05) is 13.0 Å². The molecule has 1 saturated heterocycles. The Morgan fingerprint density at radius 2 is 2.19 bits per heavy atom. The molecule has 0 aliphatic carbocycles. The second-order valence-electron chi connectivity index (χ2n) is 6.06. The average molecular weight is 226 g/mol. The molecule has 0 radical (unpaired) electrons. The van der Waals surface area contributed by atoms with Crippen LogP contribution in [0.4, 0.5) is 0 Å². The van der Waals surface area contributed by atoms with Gasteiger partial charge in [-0.2, -0.15) is 0 Å². The molecular formula is C13H26N2O. The van der Waals surface area contributed by atoms with E-state index in [-0.39, 0.29) is 11.3 Å².